The van der Waals surface area contributed by atoms with Crippen LogP contribution in [0.5, 0.6) is 5.75 Å². The maximum atomic E-state index is 9.86. The third-order valence-electron chi connectivity index (χ3n) is 3.55. The maximum absolute atomic E-state index is 9.86. The zero-order valence-electron chi connectivity index (χ0n) is 12.3. The number of hydrogen-bond donors (Lipinski definition) is 2. The van der Waals surface area contributed by atoms with E-state index in [4.69, 9.17) is 21.1 Å². The first-order valence-corrected chi connectivity index (χ1v) is 8.00. The van der Waals surface area contributed by atoms with Crippen LogP contribution in [0.1, 0.15) is 25.7 Å². The van der Waals surface area contributed by atoms with Crippen LogP contribution in [0.4, 0.5) is 0 Å². The van der Waals surface area contributed by atoms with Gasteiger partial charge in [0.15, 0.2) is 0 Å². The summed E-state index contributed by atoms with van der Waals surface area (Å²) in [4.78, 5) is 0. The third-order valence-corrected chi connectivity index (χ3v) is 3.81. The molecule has 2 N–H and O–H groups in total. The molecule has 1 aliphatic heterocycles. The molecule has 4 nitrogen and oxygen atoms in total. The van der Waals surface area contributed by atoms with Crippen LogP contribution < -0.4 is 10.1 Å². The summed E-state index contributed by atoms with van der Waals surface area (Å²) in [5.74, 6) is 0.717. The number of aliphatic hydroxyl groups is 1. The molecule has 2 atom stereocenters. The third kappa shape index (κ3) is 6.66. The van der Waals surface area contributed by atoms with Gasteiger partial charge in [-0.1, -0.05) is 11.6 Å². The molecule has 0 aromatic heterocycles. The zero-order valence-corrected chi connectivity index (χ0v) is 13.0. The highest BCUT2D eigenvalue weighted by Gasteiger charge is 2.13. The highest BCUT2D eigenvalue weighted by Crippen LogP contribution is 2.16. The van der Waals surface area contributed by atoms with Crippen molar-refractivity contribution in [1.82, 2.24) is 5.32 Å². The number of nitrogens with one attached hydrogen (secondary N) is 1. The monoisotopic (exact) mass is 313 g/mol. The average molecular weight is 314 g/mol. The van der Waals surface area contributed by atoms with Gasteiger partial charge in [-0.2, -0.15) is 0 Å². The second kappa shape index (κ2) is 9.26. The van der Waals surface area contributed by atoms with Crippen LogP contribution >= 0.6 is 11.6 Å². The Morgan fingerprint density at radius 3 is 2.86 bits per heavy atom. The van der Waals surface area contributed by atoms with Crippen LogP contribution in [0.2, 0.25) is 5.02 Å². The lowest BCUT2D eigenvalue weighted by Crippen LogP contribution is -2.33. The Hall–Kier alpha value is -0.810. The average Bonchev–Trinajstić information content (AvgIpc) is 2.52. The van der Waals surface area contributed by atoms with Crippen molar-refractivity contribution < 1.29 is 14.6 Å². The SMILES string of the molecule is OC(CNCCC1CCCCO1)COc1ccc(Cl)cc1. The molecule has 0 saturated carbocycles. The van der Waals surface area contributed by atoms with E-state index in [1.807, 2.05) is 0 Å². The molecule has 1 heterocycles. The van der Waals surface area contributed by atoms with E-state index in [1.54, 1.807) is 24.3 Å². The van der Waals surface area contributed by atoms with Gasteiger partial charge in [-0.25, -0.2) is 0 Å². The largest absolute Gasteiger partial charge is 0.491 e. The fourth-order valence-electron chi connectivity index (χ4n) is 2.35. The van der Waals surface area contributed by atoms with Crippen LogP contribution in [-0.2, 0) is 4.74 Å². The molecule has 1 aromatic rings. The summed E-state index contributed by atoms with van der Waals surface area (Å²) in [6.07, 6.45) is 4.48. The van der Waals surface area contributed by atoms with Crippen molar-refractivity contribution in [2.45, 2.75) is 37.9 Å². The highest BCUT2D eigenvalue weighted by atomic mass is 35.5. The minimum atomic E-state index is -0.520. The minimum Gasteiger partial charge on any atom is -0.491 e. The van der Waals surface area contributed by atoms with Gasteiger partial charge in [-0.3, -0.25) is 0 Å². The molecule has 118 valence electrons. The van der Waals surface area contributed by atoms with Crippen LogP contribution in [0, 0.1) is 0 Å². The van der Waals surface area contributed by atoms with E-state index in [1.165, 1.54) is 12.8 Å². The summed E-state index contributed by atoms with van der Waals surface area (Å²) in [7, 11) is 0. The minimum absolute atomic E-state index is 0.272. The standard InChI is InChI=1S/C16H24ClNO3/c17-13-4-6-16(7-5-13)21-12-14(19)11-18-9-8-15-3-1-2-10-20-15/h4-7,14-15,18-19H,1-3,8-12H2. The Balaban J connectivity index is 1.52. The molecule has 0 amide bonds. The van der Waals surface area contributed by atoms with Gasteiger partial charge >= 0.3 is 0 Å². The topological polar surface area (TPSA) is 50.7 Å². The fourth-order valence-corrected chi connectivity index (χ4v) is 2.47. The molecular weight excluding hydrogens is 290 g/mol. The van der Waals surface area contributed by atoms with Crippen molar-refractivity contribution in [3.05, 3.63) is 29.3 Å². The van der Waals surface area contributed by atoms with Crippen molar-refractivity contribution in [2.75, 3.05) is 26.3 Å². The van der Waals surface area contributed by atoms with Gasteiger partial charge < -0.3 is 19.9 Å². The Kier molecular flexibility index (Phi) is 7.30. The molecular formula is C16H24ClNO3. The number of benzene rings is 1. The molecule has 2 unspecified atom stereocenters. The Morgan fingerprint density at radius 2 is 2.14 bits per heavy atom. The van der Waals surface area contributed by atoms with Gasteiger partial charge in [0.1, 0.15) is 18.5 Å². The maximum Gasteiger partial charge on any atom is 0.119 e. The van der Waals surface area contributed by atoms with Crippen LogP contribution in [0.25, 0.3) is 0 Å². The number of rotatable bonds is 8. The van der Waals surface area contributed by atoms with Gasteiger partial charge in [-0.15, -0.1) is 0 Å². The van der Waals surface area contributed by atoms with E-state index < -0.39 is 6.10 Å². The molecule has 1 fully saturated rings. The quantitative estimate of drug-likeness (QED) is 0.724. The summed E-state index contributed by atoms with van der Waals surface area (Å²) >= 11 is 5.80. The number of aliphatic hydroxyl groups excluding tert-OH is 1. The van der Waals surface area contributed by atoms with E-state index in [0.717, 1.165) is 26.0 Å². The summed E-state index contributed by atoms with van der Waals surface area (Å²) in [6, 6.07) is 7.13. The number of halogens is 1. The second-order valence-electron chi connectivity index (χ2n) is 5.40. The van der Waals surface area contributed by atoms with Gasteiger partial charge in [0.25, 0.3) is 0 Å². The Labute approximate surface area is 131 Å². The lowest BCUT2D eigenvalue weighted by molar-refractivity contribution is 0.0109. The molecule has 0 spiro atoms. The number of ether oxygens (including phenoxy) is 2. The van der Waals surface area contributed by atoms with Gasteiger partial charge in [0.05, 0.1) is 6.10 Å². The first-order valence-electron chi connectivity index (χ1n) is 7.63. The summed E-state index contributed by atoms with van der Waals surface area (Å²) in [5.41, 5.74) is 0. The first-order chi connectivity index (χ1) is 10.2. The Bertz CT molecular complexity index is 393. The summed E-state index contributed by atoms with van der Waals surface area (Å²) in [6.45, 7) is 2.56. The molecule has 0 bridgehead atoms. The Morgan fingerprint density at radius 1 is 1.33 bits per heavy atom. The van der Waals surface area contributed by atoms with Gasteiger partial charge in [-0.05, 0) is 56.5 Å². The van der Waals surface area contributed by atoms with Crippen molar-refractivity contribution in [3.63, 3.8) is 0 Å². The fraction of sp³-hybridized carbons (Fsp3) is 0.625. The molecule has 2 rings (SSSR count). The zero-order chi connectivity index (χ0) is 14.9. The molecule has 0 aliphatic carbocycles. The van der Waals surface area contributed by atoms with E-state index in [9.17, 15) is 5.11 Å². The van der Waals surface area contributed by atoms with Crippen molar-refractivity contribution in [3.8, 4) is 5.75 Å². The van der Waals surface area contributed by atoms with Crippen LogP contribution in [0.3, 0.4) is 0 Å². The molecule has 5 heteroatoms. The molecule has 1 aliphatic rings. The summed E-state index contributed by atoms with van der Waals surface area (Å²) in [5, 5.41) is 13.8. The number of hydrogen-bond acceptors (Lipinski definition) is 4. The normalized spacial score (nSPS) is 20.2. The van der Waals surface area contributed by atoms with Crippen LogP contribution in [-0.4, -0.2) is 43.6 Å². The predicted molar refractivity (Wildman–Crippen MR) is 84.0 cm³/mol. The lowest BCUT2D eigenvalue weighted by atomic mass is 10.1. The van der Waals surface area contributed by atoms with E-state index in [2.05, 4.69) is 5.32 Å². The van der Waals surface area contributed by atoms with E-state index in [-0.39, 0.29) is 6.61 Å². The van der Waals surface area contributed by atoms with E-state index >= 15 is 0 Å². The molecule has 0 radical (unpaired) electrons. The van der Waals surface area contributed by atoms with E-state index in [0.29, 0.717) is 23.4 Å². The van der Waals surface area contributed by atoms with Gasteiger partial charge in [0.2, 0.25) is 0 Å². The smallest absolute Gasteiger partial charge is 0.119 e. The highest BCUT2D eigenvalue weighted by molar-refractivity contribution is 6.30. The van der Waals surface area contributed by atoms with Crippen molar-refractivity contribution >= 4 is 11.6 Å². The second-order valence-corrected chi connectivity index (χ2v) is 5.84. The van der Waals surface area contributed by atoms with Crippen molar-refractivity contribution in [2.24, 2.45) is 0 Å². The molecule has 1 saturated heterocycles. The first kappa shape index (κ1) is 16.6. The van der Waals surface area contributed by atoms with Crippen LogP contribution in [0.15, 0.2) is 24.3 Å². The predicted octanol–water partition coefficient (Wildman–Crippen LogP) is 2.63. The lowest BCUT2D eigenvalue weighted by Gasteiger charge is -2.22. The molecule has 21 heavy (non-hydrogen) atoms. The summed E-state index contributed by atoms with van der Waals surface area (Å²) < 4.78 is 11.2. The molecule has 1 aromatic carbocycles. The van der Waals surface area contributed by atoms with Crippen molar-refractivity contribution in [1.29, 1.82) is 0 Å². The van der Waals surface area contributed by atoms with Gasteiger partial charge in [0, 0.05) is 18.2 Å².